The van der Waals surface area contributed by atoms with Crippen molar-refractivity contribution in [3.63, 3.8) is 0 Å². The summed E-state index contributed by atoms with van der Waals surface area (Å²) < 4.78 is 11.6. The Labute approximate surface area is 226 Å². The lowest BCUT2D eigenvalue weighted by molar-refractivity contribution is -0.113. The van der Waals surface area contributed by atoms with Gasteiger partial charge in [0, 0.05) is 0 Å². The molecule has 2 N–H and O–H groups in total. The zero-order valence-corrected chi connectivity index (χ0v) is 21.5. The number of anilines is 1. The standard InChI is InChI=1S/C26H18ClNO7S2/c1-34-20-10-15(9-19(27)22(20)35-13-14-5-7-16(8-6-14)24(30)31)11-21-23(29)28(26(36)37-21)18-4-2-3-17(12-18)25(32)33/h2-12H,13H2,1H3,(H,30,31)(H,32,33)/b21-11+. The van der Waals surface area contributed by atoms with Crippen LogP contribution in [0.3, 0.4) is 0 Å². The molecule has 8 nitrogen and oxygen atoms in total. The maximum absolute atomic E-state index is 13.1. The molecule has 37 heavy (non-hydrogen) atoms. The lowest BCUT2D eigenvalue weighted by Crippen LogP contribution is -2.27. The third-order valence-electron chi connectivity index (χ3n) is 5.28. The minimum atomic E-state index is -1.11. The van der Waals surface area contributed by atoms with E-state index in [9.17, 15) is 19.5 Å². The van der Waals surface area contributed by atoms with Crippen molar-refractivity contribution in [2.24, 2.45) is 0 Å². The first-order valence-electron chi connectivity index (χ1n) is 10.6. The summed E-state index contributed by atoms with van der Waals surface area (Å²) in [5.41, 5.74) is 1.88. The number of rotatable bonds is 8. The third kappa shape index (κ3) is 5.77. The van der Waals surface area contributed by atoms with E-state index < -0.39 is 17.8 Å². The largest absolute Gasteiger partial charge is 0.493 e. The van der Waals surface area contributed by atoms with Gasteiger partial charge in [0.2, 0.25) is 0 Å². The van der Waals surface area contributed by atoms with Crippen LogP contribution in [0.15, 0.2) is 65.6 Å². The smallest absolute Gasteiger partial charge is 0.335 e. The SMILES string of the molecule is COc1cc(/C=C2/SC(=S)N(c3cccc(C(=O)O)c3)C2=O)cc(Cl)c1OCc1ccc(C(=O)O)cc1. The fourth-order valence-corrected chi connectivity index (χ4v) is 5.05. The van der Waals surface area contributed by atoms with Crippen molar-refractivity contribution < 1.29 is 34.1 Å². The van der Waals surface area contributed by atoms with Gasteiger partial charge in [0.1, 0.15) is 6.61 Å². The van der Waals surface area contributed by atoms with Crippen LogP contribution in [0.4, 0.5) is 5.69 Å². The van der Waals surface area contributed by atoms with E-state index in [1.807, 2.05) is 0 Å². The number of methoxy groups -OCH3 is 1. The van der Waals surface area contributed by atoms with E-state index in [2.05, 4.69) is 0 Å². The van der Waals surface area contributed by atoms with E-state index in [0.29, 0.717) is 27.7 Å². The molecule has 3 aromatic carbocycles. The molecule has 1 amide bonds. The highest BCUT2D eigenvalue weighted by Crippen LogP contribution is 2.40. The van der Waals surface area contributed by atoms with Gasteiger partial charge in [-0.1, -0.05) is 53.8 Å². The first-order chi connectivity index (χ1) is 17.7. The highest BCUT2D eigenvalue weighted by molar-refractivity contribution is 8.27. The van der Waals surface area contributed by atoms with Gasteiger partial charge in [-0.3, -0.25) is 9.69 Å². The summed E-state index contributed by atoms with van der Waals surface area (Å²) in [5.74, 6) is -1.88. The summed E-state index contributed by atoms with van der Waals surface area (Å²) in [7, 11) is 1.46. The lowest BCUT2D eigenvalue weighted by atomic mass is 10.1. The van der Waals surface area contributed by atoms with Gasteiger partial charge in [-0.25, -0.2) is 9.59 Å². The number of ether oxygens (including phenoxy) is 2. The number of aromatic carboxylic acids is 2. The van der Waals surface area contributed by atoms with Gasteiger partial charge in [-0.2, -0.15) is 0 Å². The number of carboxylic acid groups (broad SMARTS) is 2. The number of thioether (sulfide) groups is 1. The molecule has 0 atom stereocenters. The van der Waals surface area contributed by atoms with E-state index in [-0.39, 0.29) is 27.1 Å². The van der Waals surface area contributed by atoms with Crippen molar-refractivity contribution in [1.82, 2.24) is 0 Å². The van der Waals surface area contributed by atoms with Crippen LogP contribution in [-0.2, 0) is 11.4 Å². The van der Waals surface area contributed by atoms with Crippen LogP contribution in [-0.4, -0.2) is 39.5 Å². The van der Waals surface area contributed by atoms with Crippen LogP contribution in [0.2, 0.25) is 5.02 Å². The molecular formula is C26H18ClNO7S2. The van der Waals surface area contributed by atoms with Crippen molar-refractivity contribution in [3.05, 3.63) is 92.8 Å². The average molecular weight is 556 g/mol. The Balaban J connectivity index is 1.56. The van der Waals surface area contributed by atoms with Crippen LogP contribution < -0.4 is 14.4 Å². The minimum absolute atomic E-state index is 0.0421. The van der Waals surface area contributed by atoms with E-state index in [1.165, 1.54) is 36.3 Å². The molecule has 1 heterocycles. The van der Waals surface area contributed by atoms with Gasteiger partial charge in [-0.05, 0) is 59.7 Å². The van der Waals surface area contributed by atoms with Gasteiger partial charge in [-0.15, -0.1) is 0 Å². The number of amides is 1. The highest BCUT2D eigenvalue weighted by Gasteiger charge is 2.33. The highest BCUT2D eigenvalue weighted by atomic mass is 35.5. The number of thiocarbonyl (C=S) groups is 1. The first kappa shape index (κ1) is 26.2. The number of halogens is 1. The summed E-state index contributed by atoms with van der Waals surface area (Å²) in [6.45, 7) is 0.128. The molecule has 3 aromatic rings. The molecule has 4 rings (SSSR count). The van der Waals surface area contributed by atoms with E-state index in [0.717, 1.165) is 17.3 Å². The number of benzene rings is 3. The normalized spacial score (nSPS) is 14.2. The van der Waals surface area contributed by atoms with Crippen molar-refractivity contribution in [3.8, 4) is 11.5 Å². The fraction of sp³-hybridized carbons (Fsp3) is 0.0769. The topological polar surface area (TPSA) is 113 Å². The van der Waals surface area contributed by atoms with E-state index in [4.69, 9.17) is 38.4 Å². The molecule has 11 heteroatoms. The van der Waals surface area contributed by atoms with Crippen LogP contribution in [0.1, 0.15) is 31.8 Å². The second kappa shape index (κ2) is 11.0. The summed E-state index contributed by atoms with van der Waals surface area (Å²) in [6.07, 6.45) is 1.61. The Morgan fingerprint density at radius 2 is 1.76 bits per heavy atom. The van der Waals surface area contributed by atoms with Crippen LogP contribution in [0.5, 0.6) is 11.5 Å². The van der Waals surface area contributed by atoms with Gasteiger partial charge in [0.05, 0.1) is 33.9 Å². The maximum atomic E-state index is 13.1. The second-order valence-electron chi connectivity index (χ2n) is 7.70. The maximum Gasteiger partial charge on any atom is 0.335 e. The number of hydrogen-bond acceptors (Lipinski definition) is 7. The molecule has 1 fully saturated rings. The molecule has 188 valence electrons. The van der Waals surface area contributed by atoms with Crippen LogP contribution in [0, 0.1) is 0 Å². The Hall–Kier alpha value is -3.86. The quantitative estimate of drug-likeness (QED) is 0.266. The molecule has 0 bridgehead atoms. The first-order valence-corrected chi connectivity index (χ1v) is 12.2. The number of carbonyl (C=O) groups is 3. The number of carbonyl (C=O) groups excluding carboxylic acids is 1. The predicted molar refractivity (Wildman–Crippen MR) is 145 cm³/mol. The van der Waals surface area contributed by atoms with Crippen molar-refractivity contribution >= 4 is 69.5 Å². The molecule has 0 aliphatic carbocycles. The fourth-order valence-electron chi connectivity index (χ4n) is 3.48. The Morgan fingerprint density at radius 3 is 2.41 bits per heavy atom. The molecule has 0 aromatic heterocycles. The van der Waals surface area contributed by atoms with Crippen molar-refractivity contribution in [2.75, 3.05) is 12.0 Å². The molecule has 1 aliphatic heterocycles. The summed E-state index contributed by atoms with van der Waals surface area (Å²) in [5, 5.41) is 18.5. The molecule has 1 saturated heterocycles. The summed E-state index contributed by atoms with van der Waals surface area (Å²) in [6, 6.07) is 15.5. The monoisotopic (exact) mass is 555 g/mol. The van der Waals surface area contributed by atoms with Gasteiger partial charge < -0.3 is 19.7 Å². The second-order valence-corrected chi connectivity index (χ2v) is 9.78. The van der Waals surface area contributed by atoms with Gasteiger partial charge >= 0.3 is 11.9 Å². The summed E-state index contributed by atoms with van der Waals surface area (Å²) in [4.78, 5) is 37.1. The molecule has 0 unspecified atom stereocenters. The zero-order valence-electron chi connectivity index (χ0n) is 19.1. The van der Waals surface area contributed by atoms with Gasteiger partial charge in [0.15, 0.2) is 15.8 Å². The number of nitrogens with zero attached hydrogens (tertiary/aromatic N) is 1. The predicted octanol–water partition coefficient (Wildman–Crippen LogP) is 5.73. The van der Waals surface area contributed by atoms with Crippen LogP contribution >= 0.6 is 35.6 Å². The Bertz CT molecular complexity index is 1450. The average Bonchev–Trinajstić information content (AvgIpc) is 3.15. The molecular weight excluding hydrogens is 538 g/mol. The third-order valence-corrected chi connectivity index (χ3v) is 6.86. The molecule has 0 saturated carbocycles. The Morgan fingerprint density at radius 1 is 1.05 bits per heavy atom. The molecule has 0 radical (unpaired) electrons. The number of hydrogen-bond donors (Lipinski definition) is 2. The van der Waals surface area contributed by atoms with Crippen molar-refractivity contribution in [2.45, 2.75) is 6.61 Å². The molecule has 1 aliphatic rings. The Kier molecular flexibility index (Phi) is 7.82. The molecule has 0 spiro atoms. The minimum Gasteiger partial charge on any atom is -0.493 e. The van der Waals surface area contributed by atoms with Crippen LogP contribution in [0.25, 0.3) is 6.08 Å². The number of carboxylic acids is 2. The van der Waals surface area contributed by atoms with E-state index >= 15 is 0 Å². The zero-order chi connectivity index (χ0) is 26.7. The van der Waals surface area contributed by atoms with Crippen molar-refractivity contribution in [1.29, 1.82) is 0 Å². The summed E-state index contributed by atoms with van der Waals surface area (Å²) >= 11 is 12.9. The van der Waals surface area contributed by atoms with E-state index in [1.54, 1.807) is 42.5 Å². The van der Waals surface area contributed by atoms with Gasteiger partial charge in [0.25, 0.3) is 5.91 Å². The lowest BCUT2D eigenvalue weighted by Gasteiger charge is -2.15.